The van der Waals surface area contributed by atoms with Gasteiger partial charge in [-0.15, -0.1) is 11.8 Å². The van der Waals surface area contributed by atoms with Crippen LogP contribution in [0.4, 0.5) is 0 Å². The number of rotatable bonds is 7. The maximum Gasteiger partial charge on any atom is 0.194 e. The van der Waals surface area contributed by atoms with Crippen LogP contribution in [0, 0.1) is 0 Å². The molecule has 146 valence electrons. The van der Waals surface area contributed by atoms with Crippen LogP contribution in [0.5, 0.6) is 0 Å². The quantitative estimate of drug-likeness (QED) is 0.343. The van der Waals surface area contributed by atoms with E-state index in [1.54, 1.807) is 0 Å². The normalized spacial score (nSPS) is 17.9. The van der Waals surface area contributed by atoms with Crippen molar-refractivity contribution < 1.29 is 4.74 Å². The summed E-state index contributed by atoms with van der Waals surface area (Å²) in [6, 6.07) is 10.5. The lowest BCUT2D eigenvalue weighted by Crippen LogP contribution is -2.48. The van der Waals surface area contributed by atoms with Crippen molar-refractivity contribution in [2.24, 2.45) is 12.0 Å². The van der Waals surface area contributed by atoms with Gasteiger partial charge in [0.2, 0.25) is 0 Å². The number of hydrogen-bond donors (Lipinski definition) is 1. The number of morpholine rings is 1. The molecule has 0 saturated carbocycles. The van der Waals surface area contributed by atoms with Crippen LogP contribution in [0.15, 0.2) is 52.6 Å². The van der Waals surface area contributed by atoms with E-state index in [-0.39, 0.29) is 6.10 Å². The molecule has 2 heterocycles. The second-order valence-corrected chi connectivity index (χ2v) is 7.67. The van der Waals surface area contributed by atoms with E-state index in [9.17, 15) is 0 Å². The SMILES string of the molecule is CCNC(=NCCCSc1ccccc1)N1CCOC(c2cnn(C)c2)C1. The van der Waals surface area contributed by atoms with E-state index < -0.39 is 0 Å². The Balaban J connectivity index is 1.51. The molecular weight excluding hydrogens is 358 g/mol. The molecule has 1 aliphatic heterocycles. The number of aliphatic imine (C=N–C) groups is 1. The van der Waals surface area contributed by atoms with Gasteiger partial charge in [0.1, 0.15) is 6.10 Å². The van der Waals surface area contributed by atoms with Crippen LogP contribution in [0.3, 0.4) is 0 Å². The molecule has 1 unspecified atom stereocenters. The molecule has 7 heteroatoms. The van der Waals surface area contributed by atoms with Crippen LogP contribution in [0.1, 0.15) is 25.0 Å². The molecule has 0 bridgehead atoms. The van der Waals surface area contributed by atoms with Gasteiger partial charge in [-0.25, -0.2) is 0 Å². The Morgan fingerprint density at radius 3 is 2.96 bits per heavy atom. The number of nitrogens with one attached hydrogen (secondary N) is 1. The topological polar surface area (TPSA) is 54.7 Å². The van der Waals surface area contributed by atoms with E-state index in [0.717, 1.165) is 49.9 Å². The molecule has 0 spiro atoms. The zero-order valence-corrected chi connectivity index (χ0v) is 17.0. The number of benzene rings is 1. The highest BCUT2D eigenvalue weighted by molar-refractivity contribution is 7.99. The van der Waals surface area contributed by atoms with Gasteiger partial charge in [0.25, 0.3) is 0 Å². The molecule has 3 rings (SSSR count). The number of aryl methyl sites for hydroxylation is 1. The summed E-state index contributed by atoms with van der Waals surface area (Å²) in [5, 5.41) is 7.69. The van der Waals surface area contributed by atoms with Crippen molar-refractivity contribution in [1.29, 1.82) is 0 Å². The van der Waals surface area contributed by atoms with E-state index in [1.165, 1.54) is 4.90 Å². The smallest absolute Gasteiger partial charge is 0.194 e. The van der Waals surface area contributed by atoms with Gasteiger partial charge >= 0.3 is 0 Å². The molecule has 0 aliphatic carbocycles. The van der Waals surface area contributed by atoms with Crippen LogP contribution in [0.25, 0.3) is 0 Å². The van der Waals surface area contributed by atoms with Gasteiger partial charge in [-0.1, -0.05) is 18.2 Å². The van der Waals surface area contributed by atoms with Crippen molar-refractivity contribution in [2.45, 2.75) is 24.3 Å². The molecule has 6 nitrogen and oxygen atoms in total. The van der Waals surface area contributed by atoms with Crippen molar-refractivity contribution in [3.8, 4) is 0 Å². The van der Waals surface area contributed by atoms with Gasteiger partial charge in [-0.05, 0) is 31.2 Å². The van der Waals surface area contributed by atoms with Crippen molar-refractivity contribution in [3.05, 3.63) is 48.3 Å². The van der Waals surface area contributed by atoms with Crippen LogP contribution in [-0.4, -0.2) is 59.2 Å². The summed E-state index contributed by atoms with van der Waals surface area (Å²) in [7, 11) is 1.93. The lowest BCUT2D eigenvalue weighted by molar-refractivity contribution is -0.00803. The summed E-state index contributed by atoms with van der Waals surface area (Å²) in [5.41, 5.74) is 1.12. The summed E-state index contributed by atoms with van der Waals surface area (Å²) in [5.74, 6) is 2.06. The molecule has 1 aliphatic rings. The first-order valence-corrected chi connectivity index (χ1v) is 10.6. The van der Waals surface area contributed by atoms with Gasteiger partial charge in [0.15, 0.2) is 5.96 Å². The number of ether oxygens (including phenoxy) is 1. The van der Waals surface area contributed by atoms with Crippen LogP contribution in [-0.2, 0) is 11.8 Å². The highest BCUT2D eigenvalue weighted by Crippen LogP contribution is 2.22. The molecule has 1 fully saturated rings. The zero-order chi connectivity index (χ0) is 18.9. The maximum atomic E-state index is 5.95. The fourth-order valence-corrected chi connectivity index (χ4v) is 3.89. The lowest BCUT2D eigenvalue weighted by Gasteiger charge is -2.34. The van der Waals surface area contributed by atoms with Crippen LogP contribution < -0.4 is 5.32 Å². The molecule has 1 aromatic heterocycles. The lowest BCUT2D eigenvalue weighted by atomic mass is 10.1. The van der Waals surface area contributed by atoms with Crippen molar-refractivity contribution in [3.63, 3.8) is 0 Å². The molecule has 1 atom stereocenters. The minimum absolute atomic E-state index is 0.0462. The molecule has 0 amide bonds. The first kappa shape index (κ1) is 19.8. The Labute approximate surface area is 166 Å². The van der Waals surface area contributed by atoms with Gasteiger partial charge < -0.3 is 15.0 Å². The fraction of sp³-hybridized carbons (Fsp3) is 0.500. The Kier molecular flexibility index (Phi) is 7.59. The van der Waals surface area contributed by atoms with Crippen LogP contribution in [0.2, 0.25) is 0 Å². The van der Waals surface area contributed by atoms with E-state index in [2.05, 4.69) is 52.6 Å². The third kappa shape index (κ3) is 6.01. The Bertz CT molecular complexity index is 718. The summed E-state index contributed by atoms with van der Waals surface area (Å²) in [6.45, 7) is 6.18. The molecular formula is C20H29N5OS. The third-order valence-corrected chi connectivity index (χ3v) is 5.47. The number of aromatic nitrogens is 2. The molecule has 1 saturated heterocycles. The summed E-state index contributed by atoms with van der Waals surface area (Å²) >= 11 is 1.89. The second kappa shape index (κ2) is 10.4. The number of guanidine groups is 1. The Morgan fingerprint density at radius 2 is 2.22 bits per heavy atom. The highest BCUT2D eigenvalue weighted by atomic mass is 32.2. The standard InChI is InChI=1S/C20H29N5OS/c1-3-21-20(22-10-7-13-27-18-8-5-4-6-9-18)25-11-12-26-19(16-25)17-14-23-24(2)15-17/h4-6,8-9,14-15,19H,3,7,10-13,16H2,1-2H3,(H,21,22). The van der Waals surface area contributed by atoms with Crippen molar-refractivity contribution in [1.82, 2.24) is 20.0 Å². The number of thioether (sulfide) groups is 1. The minimum atomic E-state index is 0.0462. The third-order valence-electron chi connectivity index (χ3n) is 4.37. The Morgan fingerprint density at radius 1 is 1.37 bits per heavy atom. The molecule has 2 aromatic rings. The van der Waals surface area contributed by atoms with Crippen molar-refractivity contribution in [2.75, 3.05) is 38.5 Å². The largest absolute Gasteiger partial charge is 0.370 e. The van der Waals surface area contributed by atoms with Gasteiger partial charge in [-0.3, -0.25) is 9.67 Å². The Hall–Kier alpha value is -1.99. The second-order valence-electron chi connectivity index (χ2n) is 6.50. The number of hydrogen-bond acceptors (Lipinski definition) is 4. The predicted octanol–water partition coefficient (Wildman–Crippen LogP) is 2.94. The molecule has 0 radical (unpaired) electrons. The maximum absolute atomic E-state index is 5.95. The zero-order valence-electron chi connectivity index (χ0n) is 16.2. The summed E-state index contributed by atoms with van der Waals surface area (Å²) in [4.78, 5) is 8.46. The summed E-state index contributed by atoms with van der Waals surface area (Å²) < 4.78 is 7.77. The average molecular weight is 388 g/mol. The van der Waals surface area contributed by atoms with Gasteiger partial charge in [-0.2, -0.15) is 5.10 Å². The highest BCUT2D eigenvalue weighted by Gasteiger charge is 2.25. The monoisotopic (exact) mass is 387 g/mol. The summed E-state index contributed by atoms with van der Waals surface area (Å²) in [6.07, 6.45) is 5.02. The van der Waals surface area contributed by atoms with E-state index in [4.69, 9.17) is 9.73 Å². The van der Waals surface area contributed by atoms with E-state index in [1.807, 2.05) is 35.9 Å². The van der Waals surface area contributed by atoms with E-state index >= 15 is 0 Å². The first-order valence-electron chi connectivity index (χ1n) is 9.57. The van der Waals surface area contributed by atoms with Gasteiger partial charge in [0.05, 0.1) is 19.3 Å². The van der Waals surface area contributed by atoms with Gasteiger partial charge in [0, 0.05) is 43.3 Å². The fourth-order valence-electron chi connectivity index (χ4n) is 3.03. The van der Waals surface area contributed by atoms with Crippen LogP contribution >= 0.6 is 11.8 Å². The van der Waals surface area contributed by atoms with E-state index in [0.29, 0.717) is 6.61 Å². The predicted molar refractivity (Wildman–Crippen MR) is 111 cm³/mol. The molecule has 1 aromatic carbocycles. The molecule has 1 N–H and O–H groups in total. The first-order chi connectivity index (χ1) is 13.3. The minimum Gasteiger partial charge on any atom is -0.370 e. The number of nitrogens with zero attached hydrogens (tertiary/aromatic N) is 4. The molecule has 27 heavy (non-hydrogen) atoms. The average Bonchev–Trinajstić information content (AvgIpc) is 3.14. The van der Waals surface area contributed by atoms with Crippen molar-refractivity contribution >= 4 is 17.7 Å².